The molecule has 2 rings (SSSR count). The van der Waals surface area contributed by atoms with Crippen LogP contribution in [-0.4, -0.2) is 42.3 Å². The number of carbonyl (C=O) groups is 2. The molecule has 0 N–H and O–H groups in total. The van der Waals surface area contributed by atoms with Gasteiger partial charge in [0.1, 0.15) is 17.7 Å². The third-order valence-electron chi connectivity index (χ3n) is 3.50. The highest BCUT2D eigenvalue weighted by Crippen LogP contribution is 2.38. The molecule has 23 heavy (non-hydrogen) atoms. The summed E-state index contributed by atoms with van der Waals surface area (Å²) in [5.41, 5.74) is 0.991. The number of hydrogen-bond acceptors (Lipinski definition) is 5. The van der Waals surface area contributed by atoms with Crippen molar-refractivity contribution in [3.8, 4) is 5.75 Å². The Morgan fingerprint density at radius 3 is 2.70 bits per heavy atom. The SMILES string of the molecule is CCCCOC(=O)CN1C(=O)CSC1c1ccc(OCC)cc1. The van der Waals surface area contributed by atoms with Gasteiger partial charge in [-0.2, -0.15) is 0 Å². The predicted octanol–water partition coefficient (Wildman–Crippen LogP) is 3.00. The van der Waals surface area contributed by atoms with Crippen LogP contribution in [0.5, 0.6) is 5.75 Å². The largest absolute Gasteiger partial charge is 0.494 e. The molecule has 0 aliphatic carbocycles. The van der Waals surface area contributed by atoms with Crippen molar-refractivity contribution in [2.45, 2.75) is 32.1 Å². The van der Waals surface area contributed by atoms with Gasteiger partial charge in [-0.25, -0.2) is 0 Å². The van der Waals surface area contributed by atoms with E-state index < -0.39 is 0 Å². The lowest BCUT2D eigenvalue weighted by Gasteiger charge is -2.23. The standard InChI is InChI=1S/C17H23NO4S/c1-3-5-10-22-16(20)11-18-15(19)12-23-17(18)13-6-8-14(9-7-13)21-4-2/h6-9,17H,3-5,10-12H2,1-2H3. The second-order valence-corrected chi connectivity index (χ2v) is 6.33. The van der Waals surface area contributed by atoms with Crippen molar-refractivity contribution in [2.75, 3.05) is 25.5 Å². The van der Waals surface area contributed by atoms with E-state index in [1.807, 2.05) is 38.1 Å². The third kappa shape index (κ3) is 4.89. The second-order valence-electron chi connectivity index (χ2n) is 5.26. The Balaban J connectivity index is 1.99. The van der Waals surface area contributed by atoms with E-state index in [0.29, 0.717) is 19.0 Å². The van der Waals surface area contributed by atoms with Gasteiger partial charge in [0.25, 0.3) is 0 Å². The first-order valence-corrected chi connectivity index (χ1v) is 9.00. The monoisotopic (exact) mass is 337 g/mol. The van der Waals surface area contributed by atoms with Gasteiger partial charge in [0.05, 0.1) is 19.0 Å². The maximum atomic E-state index is 12.1. The van der Waals surface area contributed by atoms with Crippen LogP contribution in [0.25, 0.3) is 0 Å². The van der Waals surface area contributed by atoms with Gasteiger partial charge in [0.2, 0.25) is 5.91 Å². The van der Waals surface area contributed by atoms with E-state index in [2.05, 4.69) is 0 Å². The summed E-state index contributed by atoms with van der Waals surface area (Å²) in [6, 6.07) is 7.66. The lowest BCUT2D eigenvalue weighted by atomic mass is 10.2. The number of ether oxygens (including phenoxy) is 2. The lowest BCUT2D eigenvalue weighted by Crippen LogP contribution is -2.34. The first kappa shape index (κ1) is 17.7. The molecule has 0 radical (unpaired) electrons. The summed E-state index contributed by atoms with van der Waals surface area (Å²) in [6.07, 6.45) is 1.82. The van der Waals surface area contributed by atoms with Crippen LogP contribution < -0.4 is 4.74 Å². The molecule has 1 atom stereocenters. The van der Waals surface area contributed by atoms with E-state index in [1.165, 1.54) is 11.8 Å². The summed E-state index contributed by atoms with van der Waals surface area (Å²) < 4.78 is 10.6. The van der Waals surface area contributed by atoms with Crippen LogP contribution in [0.2, 0.25) is 0 Å². The zero-order chi connectivity index (χ0) is 16.7. The number of carbonyl (C=O) groups excluding carboxylic acids is 2. The van der Waals surface area contributed by atoms with Crippen molar-refractivity contribution in [1.82, 2.24) is 4.90 Å². The topological polar surface area (TPSA) is 55.8 Å². The molecule has 0 saturated carbocycles. The van der Waals surface area contributed by atoms with Crippen molar-refractivity contribution in [2.24, 2.45) is 0 Å². The number of benzene rings is 1. The van der Waals surface area contributed by atoms with E-state index in [-0.39, 0.29) is 23.8 Å². The van der Waals surface area contributed by atoms with Crippen molar-refractivity contribution in [3.63, 3.8) is 0 Å². The minimum atomic E-state index is -0.342. The molecule has 6 heteroatoms. The van der Waals surface area contributed by atoms with Crippen molar-refractivity contribution in [1.29, 1.82) is 0 Å². The summed E-state index contributed by atoms with van der Waals surface area (Å²) in [5.74, 6) is 0.822. The summed E-state index contributed by atoms with van der Waals surface area (Å²) in [5, 5.41) is -0.142. The quantitative estimate of drug-likeness (QED) is 0.539. The molecule has 1 unspecified atom stereocenters. The number of nitrogens with zero attached hydrogens (tertiary/aromatic N) is 1. The Morgan fingerprint density at radius 1 is 1.30 bits per heavy atom. The minimum absolute atomic E-state index is 0.00737. The zero-order valence-corrected chi connectivity index (χ0v) is 14.4. The number of thioether (sulfide) groups is 1. The fraction of sp³-hybridized carbons (Fsp3) is 0.529. The van der Waals surface area contributed by atoms with Gasteiger partial charge in [0.15, 0.2) is 0 Å². The van der Waals surface area contributed by atoms with Crippen LogP contribution in [-0.2, 0) is 14.3 Å². The minimum Gasteiger partial charge on any atom is -0.494 e. The molecule has 1 amide bonds. The lowest BCUT2D eigenvalue weighted by molar-refractivity contribution is -0.148. The normalized spacial score (nSPS) is 17.4. The molecule has 126 valence electrons. The highest BCUT2D eigenvalue weighted by molar-refractivity contribution is 8.00. The summed E-state index contributed by atoms with van der Waals surface area (Å²) in [7, 11) is 0. The molecule has 0 aromatic heterocycles. The van der Waals surface area contributed by atoms with Crippen LogP contribution in [0.15, 0.2) is 24.3 Å². The van der Waals surface area contributed by atoms with Crippen molar-refractivity contribution < 1.29 is 19.1 Å². The molecule has 1 aliphatic heterocycles. The summed E-state index contributed by atoms with van der Waals surface area (Å²) in [6.45, 7) is 5.01. The molecule has 0 spiro atoms. The molecule has 1 aromatic rings. The van der Waals surface area contributed by atoms with Crippen molar-refractivity contribution in [3.05, 3.63) is 29.8 Å². The summed E-state index contributed by atoms with van der Waals surface area (Å²) in [4.78, 5) is 25.5. The molecule has 1 fully saturated rings. The highest BCUT2D eigenvalue weighted by atomic mass is 32.2. The fourth-order valence-corrected chi connectivity index (χ4v) is 3.50. The van der Waals surface area contributed by atoms with Gasteiger partial charge in [-0.15, -0.1) is 11.8 Å². The molecular formula is C17H23NO4S. The maximum absolute atomic E-state index is 12.1. The molecular weight excluding hydrogens is 314 g/mol. The number of rotatable bonds is 8. The van der Waals surface area contributed by atoms with Crippen LogP contribution in [0.3, 0.4) is 0 Å². The Hall–Kier alpha value is -1.69. The Kier molecular flexibility index (Phi) is 6.77. The smallest absolute Gasteiger partial charge is 0.325 e. The van der Waals surface area contributed by atoms with Gasteiger partial charge in [-0.3, -0.25) is 9.59 Å². The first-order chi connectivity index (χ1) is 11.2. The molecule has 1 saturated heterocycles. The predicted molar refractivity (Wildman–Crippen MR) is 90.4 cm³/mol. The van der Waals surface area contributed by atoms with Crippen molar-refractivity contribution >= 4 is 23.6 Å². The number of esters is 1. The zero-order valence-electron chi connectivity index (χ0n) is 13.6. The van der Waals surface area contributed by atoms with Crippen LogP contribution in [0.4, 0.5) is 0 Å². The van der Waals surface area contributed by atoms with Gasteiger partial charge < -0.3 is 14.4 Å². The Labute approximate surface area is 141 Å². The van der Waals surface area contributed by atoms with E-state index in [4.69, 9.17) is 9.47 Å². The fourth-order valence-electron chi connectivity index (χ4n) is 2.31. The molecule has 0 bridgehead atoms. The molecule has 1 heterocycles. The van der Waals surface area contributed by atoms with E-state index in [0.717, 1.165) is 24.2 Å². The van der Waals surface area contributed by atoms with E-state index in [1.54, 1.807) is 4.90 Å². The van der Waals surface area contributed by atoms with Gasteiger partial charge in [0, 0.05) is 0 Å². The van der Waals surface area contributed by atoms with E-state index in [9.17, 15) is 9.59 Å². The van der Waals surface area contributed by atoms with E-state index >= 15 is 0 Å². The molecule has 1 aliphatic rings. The number of hydrogen-bond donors (Lipinski definition) is 0. The van der Waals surface area contributed by atoms with Crippen LogP contribution >= 0.6 is 11.8 Å². The second kappa shape index (κ2) is 8.82. The maximum Gasteiger partial charge on any atom is 0.325 e. The average Bonchev–Trinajstić information content (AvgIpc) is 2.90. The van der Waals surface area contributed by atoms with Gasteiger partial charge in [-0.1, -0.05) is 25.5 Å². The van der Waals surface area contributed by atoms with Crippen LogP contribution in [0.1, 0.15) is 37.6 Å². The van der Waals surface area contributed by atoms with Crippen LogP contribution in [0, 0.1) is 0 Å². The van der Waals surface area contributed by atoms with Gasteiger partial charge in [-0.05, 0) is 31.0 Å². The Morgan fingerprint density at radius 2 is 2.04 bits per heavy atom. The third-order valence-corrected chi connectivity index (χ3v) is 4.76. The average molecular weight is 337 g/mol. The van der Waals surface area contributed by atoms with Gasteiger partial charge >= 0.3 is 5.97 Å². The highest BCUT2D eigenvalue weighted by Gasteiger charge is 2.34. The molecule has 1 aromatic carbocycles. The number of unbranched alkanes of at least 4 members (excludes halogenated alkanes) is 1. The number of amides is 1. The molecule has 5 nitrogen and oxygen atoms in total. The first-order valence-electron chi connectivity index (χ1n) is 7.95. The summed E-state index contributed by atoms with van der Waals surface area (Å²) >= 11 is 1.53. The Bertz CT molecular complexity index is 532.